The van der Waals surface area contributed by atoms with Gasteiger partial charge in [-0.15, -0.1) is 0 Å². The molecule has 0 N–H and O–H groups in total. The van der Waals surface area contributed by atoms with Crippen LogP contribution in [0.3, 0.4) is 0 Å². The first-order valence-electron chi connectivity index (χ1n) is 9.86. The molecule has 0 fully saturated rings. The standard InChI is InChI=1S/C22H30N4O2S/c1-7-14-26-17(3)20(16(2)23-26)15-25(6)29(27,28)22-13-9-10-18-19(22)11-8-12-21(18)24(4)5/h8-13H,7,14-15H2,1-6H3. The highest BCUT2D eigenvalue weighted by molar-refractivity contribution is 7.89. The maximum Gasteiger partial charge on any atom is 0.243 e. The van der Waals surface area contributed by atoms with Crippen LogP contribution in [0.25, 0.3) is 10.8 Å². The summed E-state index contributed by atoms with van der Waals surface area (Å²) in [5.41, 5.74) is 3.87. The first-order chi connectivity index (χ1) is 13.7. The Bertz CT molecular complexity index is 1130. The van der Waals surface area contributed by atoms with E-state index in [0.29, 0.717) is 11.4 Å². The molecule has 2 aromatic carbocycles. The first kappa shape index (κ1) is 21.3. The fourth-order valence-corrected chi connectivity index (χ4v) is 5.09. The molecule has 156 valence electrons. The highest BCUT2D eigenvalue weighted by Crippen LogP contribution is 2.32. The molecule has 0 aliphatic heterocycles. The van der Waals surface area contributed by atoms with Crippen LogP contribution in [0.5, 0.6) is 0 Å². The number of anilines is 1. The summed E-state index contributed by atoms with van der Waals surface area (Å²) in [6.07, 6.45) is 0.986. The van der Waals surface area contributed by atoms with Crippen LogP contribution in [-0.2, 0) is 23.1 Å². The zero-order valence-electron chi connectivity index (χ0n) is 18.1. The lowest BCUT2D eigenvalue weighted by atomic mass is 10.1. The molecule has 3 rings (SSSR count). The van der Waals surface area contributed by atoms with Gasteiger partial charge in [-0.2, -0.15) is 9.40 Å². The minimum absolute atomic E-state index is 0.299. The van der Waals surface area contributed by atoms with Gasteiger partial charge in [0.15, 0.2) is 0 Å². The number of benzene rings is 2. The lowest BCUT2D eigenvalue weighted by Crippen LogP contribution is -2.27. The molecule has 6 nitrogen and oxygen atoms in total. The van der Waals surface area contributed by atoms with Crippen molar-refractivity contribution >= 4 is 26.5 Å². The van der Waals surface area contributed by atoms with Crippen molar-refractivity contribution < 1.29 is 8.42 Å². The molecule has 0 radical (unpaired) electrons. The maximum atomic E-state index is 13.5. The average Bonchev–Trinajstić information content (AvgIpc) is 2.94. The summed E-state index contributed by atoms with van der Waals surface area (Å²) < 4.78 is 30.3. The van der Waals surface area contributed by atoms with E-state index in [9.17, 15) is 8.42 Å². The lowest BCUT2D eigenvalue weighted by Gasteiger charge is -2.21. The molecule has 0 spiro atoms. The second-order valence-electron chi connectivity index (χ2n) is 7.66. The number of aryl methyl sites for hydroxylation is 2. The Labute approximate surface area is 173 Å². The number of sulfonamides is 1. The number of fused-ring (bicyclic) bond motifs is 1. The van der Waals surface area contributed by atoms with Crippen LogP contribution in [0.2, 0.25) is 0 Å². The molecular weight excluding hydrogens is 384 g/mol. The van der Waals surface area contributed by atoms with Crippen LogP contribution < -0.4 is 4.90 Å². The molecule has 3 aromatic rings. The van der Waals surface area contributed by atoms with Gasteiger partial charge in [0.05, 0.1) is 10.6 Å². The topological polar surface area (TPSA) is 58.4 Å². The summed E-state index contributed by atoms with van der Waals surface area (Å²) in [4.78, 5) is 2.33. The molecule has 0 amide bonds. The Morgan fingerprint density at radius 2 is 1.66 bits per heavy atom. The molecule has 0 unspecified atom stereocenters. The number of nitrogens with zero attached hydrogens (tertiary/aromatic N) is 4. The fraction of sp³-hybridized carbons (Fsp3) is 0.409. The Hall–Kier alpha value is -2.38. The predicted octanol–water partition coefficient (Wildman–Crippen LogP) is 3.95. The van der Waals surface area contributed by atoms with Gasteiger partial charge in [-0.3, -0.25) is 4.68 Å². The van der Waals surface area contributed by atoms with Gasteiger partial charge in [0, 0.05) is 61.9 Å². The smallest absolute Gasteiger partial charge is 0.243 e. The van der Waals surface area contributed by atoms with Gasteiger partial charge in [-0.1, -0.05) is 31.2 Å². The highest BCUT2D eigenvalue weighted by Gasteiger charge is 2.25. The lowest BCUT2D eigenvalue weighted by molar-refractivity contribution is 0.465. The maximum absolute atomic E-state index is 13.5. The van der Waals surface area contributed by atoms with E-state index in [4.69, 9.17) is 0 Å². The fourth-order valence-electron chi connectivity index (χ4n) is 3.75. The zero-order chi connectivity index (χ0) is 21.3. The number of rotatable bonds is 7. The molecule has 29 heavy (non-hydrogen) atoms. The molecule has 0 atom stereocenters. The second kappa shape index (κ2) is 8.16. The van der Waals surface area contributed by atoms with Gasteiger partial charge < -0.3 is 4.90 Å². The SMILES string of the molecule is CCCn1nc(C)c(CN(C)S(=O)(=O)c2cccc3c(N(C)C)cccc23)c1C. The average molecular weight is 415 g/mol. The van der Waals surface area contributed by atoms with Crippen molar-refractivity contribution in [2.45, 2.75) is 45.2 Å². The third-order valence-corrected chi connectivity index (χ3v) is 7.24. The van der Waals surface area contributed by atoms with E-state index in [0.717, 1.165) is 46.4 Å². The van der Waals surface area contributed by atoms with Gasteiger partial charge in [-0.05, 0) is 32.4 Å². The Morgan fingerprint density at radius 1 is 1.00 bits per heavy atom. The summed E-state index contributed by atoms with van der Waals surface area (Å²) >= 11 is 0. The normalized spacial score (nSPS) is 12.1. The molecule has 0 saturated carbocycles. The van der Waals surface area contributed by atoms with Crippen molar-refractivity contribution in [3.63, 3.8) is 0 Å². The number of aromatic nitrogens is 2. The minimum atomic E-state index is -3.67. The number of hydrogen-bond donors (Lipinski definition) is 0. The van der Waals surface area contributed by atoms with Crippen molar-refractivity contribution in [3.05, 3.63) is 53.3 Å². The Kier molecular flexibility index (Phi) is 6.00. The van der Waals surface area contributed by atoms with E-state index in [1.165, 1.54) is 4.31 Å². The molecule has 0 aliphatic rings. The van der Waals surface area contributed by atoms with E-state index < -0.39 is 10.0 Å². The van der Waals surface area contributed by atoms with Gasteiger partial charge in [0.1, 0.15) is 0 Å². The molecule has 7 heteroatoms. The molecule has 0 saturated heterocycles. The van der Waals surface area contributed by atoms with E-state index in [-0.39, 0.29) is 0 Å². The van der Waals surface area contributed by atoms with E-state index in [1.807, 2.05) is 67.9 Å². The van der Waals surface area contributed by atoms with Crippen LogP contribution in [-0.4, -0.2) is 43.6 Å². The zero-order valence-corrected chi connectivity index (χ0v) is 18.9. The third kappa shape index (κ3) is 3.89. The highest BCUT2D eigenvalue weighted by atomic mass is 32.2. The predicted molar refractivity (Wildman–Crippen MR) is 119 cm³/mol. The van der Waals surface area contributed by atoms with E-state index >= 15 is 0 Å². The van der Waals surface area contributed by atoms with Gasteiger partial charge >= 0.3 is 0 Å². The van der Waals surface area contributed by atoms with Gasteiger partial charge in [0.2, 0.25) is 10.0 Å². The quantitative estimate of drug-likeness (QED) is 0.587. The van der Waals surface area contributed by atoms with Crippen molar-refractivity contribution in [1.82, 2.24) is 14.1 Å². The summed E-state index contributed by atoms with van der Waals surface area (Å²) in [5, 5.41) is 6.24. The van der Waals surface area contributed by atoms with Gasteiger partial charge in [-0.25, -0.2) is 8.42 Å². The molecule has 0 aliphatic carbocycles. The minimum Gasteiger partial charge on any atom is -0.377 e. The Morgan fingerprint density at radius 3 is 2.31 bits per heavy atom. The molecule has 1 heterocycles. The third-order valence-electron chi connectivity index (χ3n) is 5.38. The van der Waals surface area contributed by atoms with Crippen LogP contribution in [0, 0.1) is 13.8 Å². The van der Waals surface area contributed by atoms with Crippen molar-refractivity contribution in [3.8, 4) is 0 Å². The summed E-state index contributed by atoms with van der Waals surface area (Å²) in [7, 11) is 1.89. The van der Waals surface area contributed by atoms with E-state index in [2.05, 4.69) is 12.0 Å². The van der Waals surface area contributed by atoms with Crippen LogP contribution in [0.1, 0.15) is 30.3 Å². The molecule has 0 bridgehead atoms. The second-order valence-corrected chi connectivity index (χ2v) is 9.67. The largest absolute Gasteiger partial charge is 0.377 e. The number of hydrogen-bond acceptors (Lipinski definition) is 4. The summed E-state index contributed by atoms with van der Waals surface area (Å²) in [6.45, 7) is 7.19. The monoisotopic (exact) mass is 414 g/mol. The molecule has 1 aromatic heterocycles. The van der Waals surface area contributed by atoms with Crippen LogP contribution in [0.4, 0.5) is 5.69 Å². The van der Waals surface area contributed by atoms with Crippen LogP contribution in [0.15, 0.2) is 41.3 Å². The van der Waals surface area contributed by atoms with Crippen LogP contribution >= 0.6 is 0 Å². The molecular formula is C22H30N4O2S. The van der Waals surface area contributed by atoms with Gasteiger partial charge in [0.25, 0.3) is 0 Å². The first-order valence-corrected chi connectivity index (χ1v) is 11.3. The van der Waals surface area contributed by atoms with Crippen molar-refractivity contribution in [1.29, 1.82) is 0 Å². The summed E-state index contributed by atoms with van der Waals surface area (Å²) in [6, 6.07) is 11.2. The summed E-state index contributed by atoms with van der Waals surface area (Å²) in [5.74, 6) is 0. The Balaban J connectivity index is 2.03. The van der Waals surface area contributed by atoms with Crippen molar-refractivity contribution in [2.24, 2.45) is 0 Å². The van der Waals surface area contributed by atoms with Crippen molar-refractivity contribution in [2.75, 3.05) is 26.0 Å². The van der Waals surface area contributed by atoms with E-state index in [1.54, 1.807) is 13.1 Å².